The molecule has 1 saturated heterocycles. The third-order valence-corrected chi connectivity index (χ3v) is 4.83. The average molecular weight is 335 g/mol. The van der Waals surface area contributed by atoms with E-state index in [1.54, 1.807) is 0 Å². The lowest BCUT2D eigenvalue weighted by Crippen LogP contribution is -2.36. The molecule has 2 heterocycles. The summed E-state index contributed by atoms with van der Waals surface area (Å²) >= 11 is 0. The predicted octanol–water partition coefficient (Wildman–Crippen LogP) is 3.11. The highest BCUT2D eigenvalue weighted by Gasteiger charge is 2.24. The summed E-state index contributed by atoms with van der Waals surface area (Å²) in [6, 6.07) is 0. The molecule has 1 aromatic heterocycles. The molecule has 1 N–H and O–H groups in total. The second-order valence-corrected chi connectivity index (χ2v) is 8.29. The van der Waals surface area contributed by atoms with E-state index in [1.165, 1.54) is 25.9 Å². The highest BCUT2D eigenvalue weighted by Crippen LogP contribution is 2.21. The number of nitrogens with zero attached hydrogens (tertiary/aromatic N) is 3. The van der Waals surface area contributed by atoms with Crippen molar-refractivity contribution in [3.8, 4) is 0 Å². The van der Waals surface area contributed by atoms with Gasteiger partial charge in [0.25, 0.3) is 5.91 Å². The number of aromatic nitrogens is 2. The number of nitrogens with one attached hydrogen (secondary N) is 1. The van der Waals surface area contributed by atoms with Gasteiger partial charge in [0.05, 0.1) is 16.8 Å². The van der Waals surface area contributed by atoms with E-state index in [0.717, 1.165) is 42.4 Å². The van der Waals surface area contributed by atoms with Gasteiger partial charge in [-0.3, -0.25) is 9.48 Å². The molecule has 24 heavy (non-hydrogen) atoms. The van der Waals surface area contributed by atoms with Crippen LogP contribution in [0, 0.1) is 19.8 Å². The van der Waals surface area contributed by atoms with E-state index in [1.807, 2.05) is 18.5 Å². The van der Waals surface area contributed by atoms with Gasteiger partial charge < -0.3 is 10.2 Å². The summed E-state index contributed by atoms with van der Waals surface area (Å²) in [6.45, 7) is 16.7. The standard InChI is InChI=1S/C19H34N4O/c1-14-9-7-11-22(13-14)12-8-10-20-18(24)17-15(2)21-23(16(17)3)19(4,5)6/h14H,7-13H2,1-6H3,(H,20,24). The number of rotatable bonds is 5. The Morgan fingerprint density at radius 3 is 2.62 bits per heavy atom. The Balaban J connectivity index is 1.86. The minimum Gasteiger partial charge on any atom is -0.352 e. The molecule has 1 atom stereocenters. The Morgan fingerprint density at radius 1 is 1.33 bits per heavy atom. The lowest BCUT2D eigenvalue weighted by molar-refractivity contribution is 0.0948. The van der Waals surface area contributed by atoms with Crippen molar-refractivity contribution in [2.45, 2.75) is 66.3 Å². The number of carbonyl (C=O) groups is 1. The third-order valence-electron chi connectivity index (χ3n) is 4.83. The molecule has 0 aliphatic carbocycles. The number of hydrogen-bond acceptors (Lipinski definition) is 3. The number of piperidine rings is 1. The van der Waals surface area contributed by atoms with Crippen LogP contribution in [0.4, 0.5) is 0 Å². The number of hydrogen-bond donors (Lipinski definition) is 1. The molecule has 0 spiro atoms. The van der Waals surface area contributed by atoms with E-state index in [9.17, 15) is 4.79 Å². The molecular weight excluding hydrogens is 300 g/mol. The van der Waals surface area contributed by atoms with Crippen LogP contribution in [0.5, 0.6) is 0 Å². The maximum Gasteiger partial charge on any atom is 0.255 e. The van der Waals surface area contributed by atoms with Gasteiger partial charge in [0.2, 0.25) is 0 Å². The van der Waals surface area contributed by atoms with Crippen LogP contribution >= 0.6 is 0 Å². The Bertz CT molecular complexity index is 571. The van der Waals surface area contributed by atoms with E-state index < -0.39 is 0 Å². The lowest BCUT2D eigenvalue weighted by Gasteiger charge is -2.30. The highest BCUT2D eigenvalue weighted by molar-refractivity contribution is 5.96. The van der Waals surface area contributed by atoms with E-state index in [-0.39, 0.29) is 11.4 Å². The number of amides is 1. The van der Waals surface area contributed by atoms with Crippen molar-refractivity contribution in [3.05, 3.63) is 17.0 Å². The quantitative estimate of drug-likeness (QED) is 0.842. The van der Waals surface area contributed by atoms with Crippen LogP contribution in [0.1, 0.15) is 68.7 Å². The summed E-state index contributed by atoms with van der Waals surface area (Å²) in [7, 11) is 0. The van der Waals surface area contributed by atoms with Crippen molar-refractivity contribution in [2.75, 3.05) is 26.2 Å². The first-order valence-corrected chi connectivity index (χ1v) is 9.27. The summed E-state index contributed by atoms with van der Waals surface area (Å²) in [6.07, 6.45) is 3.66. The summed E-state index contributed by atoms with van der Waals surface area (Å²) in [5.41, 5.74) is 2.38. The second kappa shape index (κ2) is 7.68. The average Bonchev–Trinajstić information content (AvgIpc) is 2.78. The zero-order valence-corrected chi connectivity index (χ0v) is 16.3. The predicted molar refractivity (Wildman–Crippen MR) is 98.5 cm³/mol. The van der Waals surface area contributed by atoms with Crippen LogP contribution in [0.3, 0.4) is 0 Å². The van der Waals surface area contributed by atoms with E-state index in [4.69, 9.17) is 0 Å². The van der Waals surface area contributed by atoms with Crippen LogP contribution in [-0.2, 0) is 5.54 Å². The van der Waals surface area contributed by atoms with Crippen molar-refractivity contribution >= 4 is 5.91 Å². The SMILES string of the molecule is Cc1nn(C(C)(C)C)c(C)c1C(=O)NCCCN1CCCC(C)C1. The van der Waals surface area contributed by atoms with Crippen molar-refractivity contribution < 1.29 is 4.79 Å². The summed E-state index contributed by atoms with van der Waals surface area (Å²) in [4.78, 5) is 15.1. The molecule has 0 radical (unpaired) electrons. The molecule has 0 saturated carbocycles. The van der Waals surface area contributed by atoms with Gasteiger partial charge in [0.15, 0.2) is 0 Å². The highest BCUT2D eigenvalue weighted by atomic mass is 16.1. The van der Waals surface area contributed by atoms with Gasteiger partial charge in [-0.15, -0.1) is 0 Å². The van der Waals surface area contributed by atoms with Gasteiger partial charge >= 0.3 is 0 Å². The maximum absolute atomic E-state index is 12.6. The van der Waals surface area contributed by atoms with E-state index in [0.29, 0.717) is 0 Å². The number of carbonyl (C=O) groups excluding carboxylic acids is 1. The van der Waals surface area contributed by atoms with Crippen molar-refractivity contribution in [3.63, 3.8) is 0 Å². The van der Waals surface area contributed by atoms with Crippen LogP contribution in [-0.4, -0.2) is 46.8 Å². The molecule has 0 bridgehead atoms. The third kappa shape index (κ3) is 4.59. The molecular formula is C19H34N4O. The zero-order chi connectivity index (χ0) is 17.9. The van der Waals surface area contributed by atoms with Gasteiger partial charge in [-0.05, 0) is 72.9 Å². The molecule has 1 aromatic rings. The van der Waals surface area contributed by atoms with Gasteiger partial charge in [-0.1, -0.05) is 6.92 Å². The molecule has 1 unspecified atom stereocenters. The van der Waals surface area contributed by atoms with Crippen LogP contribution < -0.4 is 5.32 Å². The summed E-state index contributed by atoms with van der Waals surface area (Å²) < 4.78 is 1.95. The Labute approximate surface area is 146 Å². The fourth-order valence-electron chi connectivity index (χ4n) is 3.71. The Morgan fingerprint density at radius 2 is 2.04 bits per heavy atom. The molecule has 1 aliphatic rings. The molecule has 136 valence electrons. The molecule has 2 rings (SSSR count). The molecule has 1 fully saturated rings. The van der Waals surface area contributed by atoms with Crippen molar-refractivity contribution in [1.82, 2.24) is 20.0 Å². The van der Waals surface area contributed by atoms with Gasteiger partial charge in [0, 0.05) is 18.8 Å². The number of likely N-dealkylation sites (tertiary alicyclic amines) is 1. The fourth-order valence-corrected chi connectivity index (χ4v) is 3.71. The van der Waals surface area contributed by atoms with Crippen LogP contribution in [0.15, 0.2) is 0 Å². The molecule has 5 nitrogen and oxygen atoms in total. The van der Waals surface area contributed by atoms with Gasteiger partial charge in [0.1, 0.15) is 0 Å². The monoisotopic (exact) mass is 334 g/mol. The zero-order valence-electron chi connectivity index (χ0n) is 16.3. The molecule has 1 amide bonds. The van der Waals surface area contributed by atoms with E-state index >= 15 is 0 Å². The number of aryl methyl sites for hydroxylation is 1. The van der Waals surface area contributed by atoms with Gasteiger partial charge in [-0.2, -0.15) is 5.10 Å². The van der Waals surface area contributed by atoms with Crippen molar-refractivity contribution in [2.24, 2.45) is 5.92 Å². The van der Waals surface area contributed by atoms with Gasteiger partial charge in [-0.25, -0.2) is 0 Å². The van der Waals surface area contributed by atoms with Crippen LogP contribution in [0.2, 0.25) is 0 Å². The minimum atomic E-state index is -0.113. The normalized spacial score (nSPS) is 19.5. The minimum absolute atomic E-state index is 0.00696. The molecule has 1 aliphatic heterocycles. The van der Waals surface area contributed by atoms with Crippen LogP contribution in [0.25, 0.3) is 0 Å². The lowest BCUT2D eigenvalue weighted by atomic mass is 10.0. The van der Waals surface area contributed by atoms with E-state index in [2.05, 4.69) is 43.0 Å². The molecule has 5 heteroatoms. The maximum atomic E-state index is 12.6. The first-order valence-electron chi connectivity index (χ1n) is 9.27. The summed E-state index contributed by atoms with van der Waals surface area (Å²) in [5, 5.41) is 7.64. The Hall–Kier alpha value is -1.36. The summed E-state index contributed by atoms with van der Waals surface area (Å²) in [5.74, 6) is 0.814. The second-order valence-electron chi connectivity index (χ2n) is 8.29. The topological polar surface area (TPSA) is 50.2 Å². The first-order chi connectivity index (χ1) is 11.2. The molecule has 0 aromatic carbocycles. The smallest absolute Gasteiger partial charge is 0.255 e. The largest absolute Gasteiger partial charge is 0.352 e. The Kier molecular flexibility index (Phi) is 6.07. The van der Waals surface area contributed by atoms with Crippen molar-refractivity contribution in [1.29, 1.82) is 0 Å². The fraction of sp³-hybridized carbons (Fsp3) is 0.789. The first kappa shape index (κ1) is 19.0.